The molecule has 0 aliphatic heterocycles. The highest BCUT2D eigenvalue weighted by Crippen LogP contribution is 2.22. The minimum Gasteiger partial charge on any atom is -0.314 e. The molecule has 1 amide bonds. The van der Waals surface area contributed by atoms with Gasteiger partial charge in [-0.1, -0.05) is 19.9 Å². The molecule has 0 bridgehead atoms. The highest BCUT2D eigenvalue weighted by atomic mass is 19.1. The number of aromatic nitrogens is 3. The fourth-order valence-corrected chi connectivity index (χ4v) is 1.57. The summed E-state index contributed by atoms with van der Waals surface area (Å²) in [6, 6.07) is 2.38. The Hall–Kier alpha value is -2.31. The third-order valence-corrected chi connectivity index (χ3v) is 2.78. The van der Waals surface area contributed by atoms with Gasteiger partial charge in [0.15, 0.2) is 5.82 Å². The first-order valence-corrected chi connectivity index (χ1v) is 6.08. The standard InChI is InChI=1S/C13H14F2N4O/c1-6(2)11-17-12(19-18-11)13(20)16-10-8(14)5-4-7(3)9(10)15/h4-6H,1-3H3,(H,16,20)(H,17,18,19). The Labute approximate surface area is 114 Å². The zero-order chi connectivity index (χ0) is 14.9. The van der Waals surface area contributed by atoms with E-state index >= 15 is 0 Å². The van der Waals surface area contributed by atoms with Crippen molar-refractivity contribution in [2.75, 3.05) is 5.32 Å². The molecule has 0 unspecified atom stereocenters. The number of hydrogen-bond acceptors (Lipinski definition) is 3. The lowest BCUT2D eigenvalue weighted by molar-refractivity contribution is 0.101. The number of hydrogen-bond donors (Lipinski definition) is 2. The summed E-state index contributed by atoms with van der Waals surface area (Å²) >= 11 is 0. The van der Waals surface area contributed by atoms with Crippen LogP contribution in [0.25, 0.3) is 0 Å². The number of benzene rings is 1. The van der Waals surface area contributed by atoms with Gasteiger partial charge in [-0.2, -0.15) is 0 Å². The second-order valence-corrected chi connectivity index (χ2v) is 4.71. The third-order valence-electron chi connectivity index (χ3n) is 2.78. The molecule has 5 nitrogen and oxygen atoms in total. The number of rotatable bonds is 3. The second kappa shape index (κ2) is 5.36. The van der Waals surface area contributed by atoms with Gasteiger partial charge in [0.05, 0.1) is 0 Å². The molecule has 0 saturated heterocycles. The first kappa shape index (κ1) is 14.1. The Bertz CT molecular complexity index is 652. The molecule has 1 aromatic carbocycles. The van der Waals surface area contributed by atoms with Gasteiger partial charge in [0.1, 0.15) is 17.3 Å². The number of H-pyrrole nitrogens is 1. The van der Waals surface area contributed by atoms with Crippen LogP contribution in [0.1, 0.15) is 41.8 Å². The Morgan fingerprint density at radius 3 is 2.65 bits per heavy atom. The van der Waals surface area contributed by atoms with E-state index in [-0.39, 0.29) is 17.3 Å². The van der Waals surface area contributed by atoms with Gasteiger partial charge in [-0.05, 0) is 18.6 Å². The van der Waals surface area contributed by atoms with Crippen molar-refractivity contribution < 1.29 is 13.6 Å². The average molecular weight is 280 g/mol. The van der Waals surface area contributed by atoms with Gasteiger partial charge in [-0.15, -0.1) is 5.10 Å². The highest BCUT2D eigenvalue weighted by molar-refractivity contribution is 6.01. The Balaban J connectivity index is 2.25. The molecular weight excluding hydrogens is 266 g/mol. The predicted molar refractivity (Wildman–Crippen MR) is 69.5 cm³/mol. The van der Waals surface area contributed by atoms with Crippen molar-refractivity contribution in [3.05, 3.63) is 41.0 Å². The van der Waals surface area contributed by atoms with E-state index in [1.54, 1.807) is 0 Å². The van der Waals surface area contributed by atoms with Gasteiger partial charge in [0.2, 0.25) is 5.82 Å². The van der Waals surface area contributed by atoms with Crippen LogP contribution >= 0.6 is 0 Å². The molecule has 0 spiro atoms. The minimum absolute atomic E-state index is 0.0662. The zero-order valence-electron chi connectivity index (χ0n) is 11.3. The normalized spacial score (nSPS) is 10.9. The molecule has 1 heterocycles. The number of aryl methyl sites for hydroxylation is 1. The van der Waals surface area contributed by atoms with Crippen molar-refractivity contribution in [2.24, 2.45) is 0 Å². The number of nitrogens with zero attached hydrogens (tertiary/aromatic N) is 2. The van der Waals surface area contributed by atoms with Gasteiger partial charge in [0, 0.05) is 5.92 Å². The molecule has 2 N–H and O–H groups in total. The lowest BCUT2D eigenvalue weighted by atomic mass is 10.2. The largest absolute Gasteiger partial charge is 0.314 e. The molecule has 20 heavy (non-hydrogen) atoms. The van der Waals surface area contributed by atoms with E-state index in [1.165, 1.54) is 13.0 Å². The molecule has 0 radical (unpaired) electrons. The smallest absolute Gasteiger partial charge is 0.295 e. The van der Waals surface area contributed by atoms with E-state index in [9.17, 15) is 13.6 Å². The van der Waals surface area contributed by atoms with Crippen LogP contribution in [0.4, 0.5) is 14.5 Å². The molecular formula is C13H14F2N4O. The Morgan fingerprint density at radius 1 is 1.35 bits per heavy atom. The van der Waals surface area contributed by atoms with Crippen molar-refractivity contribution in [2.45, 2.75) is 26.7 Å². The van der Waals surface area contributed by atoms with Crippen molar-refractivity contribution >= 4 is 11.6 Å². The topological polar surface area (TPSA) is 70.7 Å². The maximum absolute atomic E-state index is 13.8. The monoisotopic (exact) mass is 280 g/mol. The summed E-state index contributed by atoms with van der Waals surface area (Å²) < 4.78 is 27.3. The van der Waals surface area contributed by atoms with E-state index in [0.29, 0.717) is 5.82 Å². The highest BCUT2D eigenvalue weighted by Gasteiger charge is 2.19. The first-order valence-electron chi connectivity index (χ1n) is 6.08. The van der Waals surface area contributed by atoms with Crippen LogP contribution < -0.4 is 5.32 Å². The van der Waals surface area contributed by atoms with Crippen LogP contribution in [0, 0.1) is 18.6 Å². The SMILES string of the molecule is Cc1ccc(F)c(NC(=O)c2n[nH]c(C(C)C)n2)c1F. The van der Waals surface area contributed by atoms with Crippen LogP contribution in [0.15, 0.2) is 12.1 Å². The molecule has 2 rings (SSSR count). The van der Waals surface area contributed by atoms with Crippen LogP contribution in [0.2, 0.25) is 0 Å². The zero-order valence-corrected chi connectivity index (χ0v) is 11.3. The molecule has 1 aromatic heterocycles. The van der Waals surface area contributed by atoms with Gasteiger partial charge >= 0.3 is 0 Å². The summed E-state index contributed by atoms with van der Waals surface area (Å²) in [7, 11) is 0. The fraction of sp³-hybridized carbons (Fsp3) is 0.308. The van der Waals surface area contributed by atoms with E-state index in [4.69, 9.17) is 0 Å². The number of carbonyl (C=O) groups is 1. The predicted octanol–water partition coefficient (Wildman–Crippen LogP) is 2.77. The lowest BCUT2D eigenvalue weighted by Crippen LogP contribution is -2.16. The van der Waals surface area contributed by atoms with Crippen molar-refractivity contribution in [1.82, 2.24) is 15.2 Å². The second-order valence-electron chi connectivity index (χ2n) is 4.71. The molecule has 106 valence electrons. The molecule has 2 aromatic rings. The first-order chi connectivity index (χ1) is 9.40. The van der Waals surface area contributed by atoms with E-state index in [0.717, 1.165) is 6.07 Å². The molecule has 0 aliphatic carbocycles. The van der Waals surface area contributed by atoms with Crippen LogP contribution in [0.5, 0.6) is 0 Å². The molecule has 0 saturated carbocycles. The summed E-state index contributed by atoms with van der Waals surface area (Å²) in [5.74, 6) is -1.98. The van der Waals surface area contributed by atoms with E-state index in [1.807, 2.05) is 13.8 Å². The summed E-state index contributed by atoms with van der Waals surface area (Å²) in [4.78, 5) is 15.8. The molecule has 0 atom stereocenters. The Morgan fingerprint density at radius 2 is 2.05 bits per heavy atom. The summed E-state index contributed by atoms with van der Waals surface area (Å²) in [5, 5.41) is 8.48. The van der Waals surface area contributed by atoms with Crippen LogP contribution in [0.3, 0.4) is 0 Å². The number of halogens is 2. The van der Waals surface area contributed by atoms with Crippen molar-refractivity contribution in [3.8, 4) is 0 Å². The van der Waals surface area contributed by atoms with Crippen molar-refractivity contribution in [3.63, 3.8) is 0 Å². The quantitative estimate of drug-likeness (QED) is 0.908. The number of anilines is 1. The number of aromatic amines is 1. The number of carbonyl (C=O) groups excluding carboxylic acids is 1. The van der Waals surface area contributed by atoms with Gasteiger partial charge < -0.3 is 5.32 Å². The fourth-order valence-electron chi connectivity index (χ4n) is 1.57. The minimum atomic E-state index is -0.846. The average Bonchev–Trinajstić information content (AvgIpc) is 2.89. The Kier molecular flexibility index (Phi) is 3.78. The number of nitrogens with one attached hydrogen (secondary N) is 2. The number of amides is 1. The maximum Gasteiger partial charge on any atom is 0.295 e. The summed E-state index contributed by atoms with van der Waals surface area (Å²) in [5.41, 5.74) is -0.259. The van der Waals surface area contributed by atoms with Gasteiger partial charge in [-0.25, -0.2) is 13.8 Å². The maximum atomic E-state index is 13.8. The molecule has 0 aliphatic rings. The van der Waals surface area contributed by atoms with Crippen molar-refractivity contribution in [1.29, 1.82) is 0 Å². The summed E-state index contributed by atoms with van der Waals surface area (Å²) in [6.07, 6.45) is 0. The van der Waals surface area contributed by atoms with Gasteiger partial charge in [-0.3, -0.25) is 9.89 Å². The van der Waals surface area contributed by atoms with E-state index in [2.05, 4.69) is 20.5 Å². The third kappa shape index (κ3) is 2.66. The molecule has 7 heteroatoms. The van der Waals surface area contributed by atoms with E-state index < -0.39 is 23.2 Å². The molecule has 0 fully saturated rings. The lowest BCUT2D eigenvalue weighted by Gasteiger charge is -2.07. The van der Waals surface area contributed by atoms with Gasteiger partial charge in [0.25, 0.3) is 5.91 Å². The van der Waals surface area contributed by atoms with Crippen LogP contribution in [-0.2, 0) is 0 Å². The summed E-state index contributed by atoms with van der Waals surface area (Å²) in [6.45, 7) is 5.23. The van der Waals surface area contributed by atoms with Crippen LogP contribution in [-0.4, -0.2) is 21.1 Å².